The van der Waals surface area contributed by atoms with Crippen molar-refractivity contribution in [2.24, 2.45) is 0 Å². The highest BCUT2D eigenvalue weighted by molar-refractivity contribution is 5.73. The number of nitrogens with one attached hydrogen (secondary N) is 2. The van der Waals surface area contributed by atoms with Gasteiger partial charge in [-0.2, -0.15) is 0 Å². The second-order valence-corrected chi connectivity index (χ2v) is 8.39. The summed E-state index contributed by atoms with van der Waals surface area (Å²) < 4.78 is 0. The summed E-state index contributed by atoms with van der Waals surface area (Å²) >= 11 is 0. The predicted octanol–water partition coefficient (Wildman–Crippen LogP) is 2.32. The van der Waals surface area contributed by atoms with Crippen LogP contribution in [0.5, 0.6) is 0 Å². The number of fused-ring (bicyclic) bond motifs is 1. The van der Waals surface area contributed by atoms with E-state index in [2.05, 4.69) is 75.9 Å². The van der Waals surface area contributed by atoms with Crippen molar-refractivity contribution < 1.29 is 9.90 Å². The zero-order valence-corrected chi connectivity index (χ0v) is 18.3. The molecular formula is C24H34N4O2. The van der Waals surface area contributed by atoms with Crippen molar-refractivity contribution in [3.63, 3.8) is 0 Å². The third-order valence-corrected chi connectivity index (χ3v) is 5.72. The van der Waals surface area contributed by atoms with Crippen LogP contribution in [0.25, 0.3) is 0 Å². The predicted molar refractivity (Wildman–Crippen MR) is 120 cm³/mol. The molecule has 2 amide bonds. The van der Waals surface area contributed by atoms with Gasteiger partial charge in [0.25, 0.3) is 0 Å². The molecule has 162 valence electrons. The van der Waals surface area contributed by atoms with E-state index >= 15 is 0 Å². The number of aryl methyl sites for hydroxylation is 1. The Balaban J connectivity index is 1.41. The SMILES string of the molecule is Cc1ccc(C(CNC(=O)NCC(O)CN2CCc3ccccc3C2)N(C)C)cc1. The van der Waals surface area contributed by atoms with Crippen LogP contribution in [0.15, 0.2) is 48.5 Å². The number of aliphatic hydroxyl groups excluding tert-OH is 1. The molecule has 6 nitrogen and oxygen atoms in total. The minimum absolute atomic E-state index is 0.0923. The highest BCUT2D eigenvalue weighted by atomic mass is 16.3. The molecule has 2 unspecified atom stereocenters. The molecule has 0 radical (unpaired) electrons. The van der Waals surface area contributed by atoms with Crippen LogP contribution in [0.3, 0.4) is 0 Å². The third-order valence-electron chi connectivity index (χ3n) is 5.72. The molecule has 0 aliphatic carbocycles. The third kappa shape index (κ3) is 6.29. The Morgan fingerprint density at radius 3 is 2.43 bits per heavy atom. The van der Waals surface area contributed by atoms with Crippen LogP contribution in [0.4, 0.5) is 4.79 Å². The molecule has 2 aromatic carbocycles. The topological polar surface area (TPSA) is 67.8 Å². The maximum atomic E-state index is 12.3. The van der Waals surface area contributed by atoms with Crippen LogP contribution in [0.1, 0.15) is 28.3 Å². The Labute approximate surface area is 179 Å². The summed E-state index contributed by atoms with van der Waals surface area (Å²) in [7, 11) is 4.01. The molecule has 0 fully saturated rings. The van der Waals surface area contributed by atoms with Gasteiger partial charge in [0.15, 0.2) is 0 Å². The van der Waals surface area contributed by atoms with Gasteiger partial charge in [0.1, 0.15) is 0 Å². The first-order chi connectivity index (χ1) is 14.4. The molecule has 30 heavy (non-hydrogen) atoms. The summed E-state index contributed by atoms with van der Waals surface area (Å²) in [6.45, 7) is 5.14. The van der Waals surface area contributed by atoms with E-state index < -0.39 is 6.10 Å². The lowest BCUT2D eigenvalue weighted by atomic mass is 10.00. The number of carbonyl (C=O) groups excluding carboxylic acids is 1. The molecule has 3 rings (SSSR count). The number of amides is 2. The Morgan fingerprint density at radius 2 is 1.73 bits per heavy atom. The van der Waals surface area contributed by atoms with Gasteiger partial charge in [0.05, 0.1) is 12.1 Å². The zero-order chi connectivity index (χ0) is 21.5. The van der Waals surface area contributed by atoms with Crippen molar-refractivity contribution in [3.05, 3.63) is 70.8 Å². The minimum Gasteiger partial charge on any atom is -0.390 e. The molecule has 3 N–H and O–H groups in total. The smallest absolute Gasteiger partial charge is 0.314 e. The normalized spacial score (nSPS) is 16.0. The van der Waals surface area contributed by atoms with Gasteiger partial charge in [-0.1, -0.05) is 54.1 Å². The Morgan fingerprint density at radius 1 is 1.07 bits per heavy atom. The van der Waals surface area contributed by atoms with Gasteiger partial charge in [0.2, 0.25) is 0 Å². The summed E-state index contributed by atoms with van der Waals surface area (Å²) in [5.41, 5.74) is 5.10. The van der Waals surface area contributed by atoms with E-state index in [4.69, 9.17) is 0 Å². The van der Waals surface area contributed by atoms with Gasteiger partial charge in [-0.15, -0.1) is 0 Å². The molecule has 1 aliphatic heterocycles. The molecular weight excluding hydrogens is 376 g/mol. The van der Waals surface area contributed by atoms with Crippen molar-refractivity contribution in [2.45, 2.75) is 32.0 Å². The number of hydrogen-bond acceptors (Lipinski definition) is 4. The number of β-amino-alcohol motifs (C(OH)–C–C–N with tert-alkyl or cyclic N) is 1. The van der Waals surface area contributed by atoms with Gasteiger partial charge in [-0.3, -0.25) is 4.90 Å². The van der Waals surface area contributed by atoms with E-state index in [1.165, 1.54) is 16.7 Å². The van der Waals surface area contributed by atoms with Crippen LogP contribution in [-0.4, -0.2) is 67.3 Å². The maximum Gasteiger partial charge on any atom is 0.314 e. The fourth-order valence-corrected chi connectivity index (χ4v) is 3.92. The molecule has 1 aliphatic rings. The van der Waals surface area contributed by atoms with E-state index in [1.54, 1.807) is 0 Å². The first kappa shape index (κ1) is 22.3. The monoisotopic (exact) mass is 410 g/mol. The number of likely N-dealkylation sites (N-methyl/N-ethyl adjacent to an activating group) is 1. The van der Waals surface area contributed by atoms with E-state index in [0.717, 1.165) is 25.1 Å². The fourth-order valence-electron chi connectivity index (χ4n) is 3.92. The number of benzene rings is 2. The van der Waals surface area contributed by atoms with Crippen molar-refractivity contribution in [2.75, 3.05) is 40.3 Å². The second kappa shape index (κ2) is 10.6. The van der Waals surface area contributed by atoms with Gasteiger partial charge in [-0.05, 0) is 44.1 Å². The van der Waals surface area contributed by atoms with Crippen LogP contribution >= 0.6 is 0 Å². The standard InChI is InChI=1S/C24H34N4O2/c1-18-8-10-20(11-9-18)23(27(2)3)15-26-24(30)25-14-22(29)17-28-13-12-19-6-4-5-7-21(19)16-28/h4-11,22-23,29H,12-17H2,1-3H3,(H2,25,26,30). The van der Waals surface area contributed by atoms with Crippen LogP contribution < -0.4 is 10.6 Å². The highest BCUT2D eigenvalue weighted by Crippen LogP contribution is 2.19. The summed E-state index contributed by atoms with van der Waals surface area (Å²) in [6, 6.07) is 16.7. The van der Waals surface area contributed by atoms with Gasteiger partial charge in [0, 0.05) is 32.7 Å². The number of urea groups is 1. The van der Waals surface area contributed by atoms with Crippen molar-refractivity contribution in [3.8, 4) is 0 Å². The number of aliphatic hydroxyl groups is 1. The van der Waals surface area contributed by atoms with E-state index in [9.17, 15) is 9.90 Å². The van der Waals surface area contributed by atoms with Gasteiger partial charge in [-0.25, -0.2) is 4.79 Å². The number of nitrogens with zero attached hydrogens (tertiary/aromatic N) is 2. The average molecular weight is 411 g/mol. The fraction of sp³-hybridized carbons (Fsp3) is 0.458. The number of rotatable bonds is 8. The lowest BCUT2D eigenvalue weighted by Crippen LogP contribution is -2.46. The van der Waals surface area contributed by atoms with E-state index in [-0.39, 0.29) is 18.6 Å². The largest absolute Gasteiger partial charge is 0.390 e. The Hall–Kier alpha value is -2.41. The van der Waals surface area contributed by atoms with E-state index in [1.807, 2.05) is 14.1 Å². The van der Waals surface area contributed by atoms with Gasteiger partial charge < -0.3 is 20.6 Å². The first-order valence-electron chi connectivity index (χ1n) is 10.6. The molecule has 2 atom stereocenters. The highest BCUT2D eigenvalue weighted by Gasteiger charge is 2.19. The van der Waals surface area contributed by atoms with Gasteiger partial charge >= 0.3 is 6.03 Å². The van der Waals surface area contributed by atoms with Crippen LogP contribution in [-0.2, 0) is 13.0 Å². The molecule has 1 heterocycles. The Bertz CT molecular complexity index is 822. The molecule has 2 aromatic rings. The molecule has 0 saturated carbocycles. The summed E-state index contributed by atoms with van der Waals surface area (Å²) in [5, 5.41) is 16.1. The van der Waals surface area contributed by atoms with Crippen molar-refractivity contribution in [1.29, 1.82) is 0 Å². The lowest BCUT2D eigenvalue weighted by molar-refractivity contribution is 0.105. The van der Waals surface area contributed by atoms with Crippen LogP contribution in [0.2, 0.25) is 0 Å². The molecule has 6 heteroatoms. The van der Waals surface area contributed by atoms with Crippen molar-refractivity contribution >= 4 is 6.03 Å². The summed E-state index contributed by atoms with van der Waals surface area (Å²) in [5.74, 6) is 0. The second-order valence-electron chi connectivity index (χ2n) is 8.39. The quantitative estimate of drug-likeness (QED) is 0.625. The zero-order valence-electron chi connectivity index (χ0n) is 18.3. The maximum absolute atomic E-state index is 12.3. The first-order valence-corrected chi connectivity index (χ1v) is 10.6. The Kier molecular flexibility index (Phi) is 7.85. The molecule has 0 bridgehead atoms. The van der Waals surface area contributed by atoms with Crippen molar-refractivity contribution in [1.82, 2.24) is 20.4 Å². The minimum atomic E-state index is -0.595. The lowest BCUT2D eigenvalue weighted by Gasteiger charge is -2.30. The average Bonchev–Trinajstić information content (AvgIpc) is 2.73. The molecule has 0 saturated heterocycles. The summed E-state index contributed by atoms with van der Waals surface area (Å²) in [6.07, 6.45) is 0.407. The molecule has 0 spiro atoms. The molecule has 0 aromatic heterocycles. The summed E-state index contributed by atoms with van der Waals surface area (Å²) in [4.78, 5) is 16.6. The van der Waals surface area contributed by atoms with E-state index in [0.29, 0.717) is 13.1 Å². The van der Waals surface area contributed by atoms with Crippen LogP contribution in [0, 0.1) is 6.92 Å². The number of carbonyl (C=O) groups is 1. The number of hydrogen-bond donors (Lipinski definition) is 3.